The van der Waals surface area contributed by atoms with E-state index in [-0.39, 0.29) is 0 Å². The lowest BCUT2D eigenvalue weighted by Crippen LogP contribution is -2.01. The molecule has 192 valence electrons. The van der Waals surface area contributed by atoms with Gasteiger partial charge in [0.25, 0.3) is 0 Å². The summed E-state index contributed by atoms with van der Waals surface area (Å²) in [5.41, 5.74) is 5.39. The first-order valence-electron chi connectivity index (χ1n) is 13.4. The van der Waals surface area contributed by atoms with Crippen LogP contribution >= 0.6 is 11.3 Å². The minimum atomic E-state index is 0.594. The summed E-state index contributed by atoms with van der Waals surface area (Å²) in [5, 5.41) is 3.33. The van der Waals surface area contributed by atoms with Crippen molar-refractivity contribution in [2.24, 2.45) is 0 Å². The molecule has 0 N–H and O–H groups in total. The third-order valence-corrected chi connectivity index (χ3v) is 8.36. The molecule has 0 aliphatic rings. The van der Waals surface area contributed by atoms with Gasteiger partial charge in [-0.1, -0.05) is 103 Å². The Morgan fingerprint density at radius 1 is 0.512 bits per heavy atom. The van der Waals surface area contributed by atoms with Gasteiger partial charge in [0.05, 0.1) is 15.9 Å². The number of pyridine rings is 2. The van der Waals surface area contributed by atoms with E-state index < -0.39 is 0 Å². The first kappa shape index (κ1) is 23.5. The maximum Gasteiger partial charge on any atom is 0.166 e. The van der Waals surface area contributed by atoms with Crippen LogP contribution in [0.3, 0.4) is 0 Å². The molecule has 41 heavy (non-hydrogen) atoms. The molecule has 0 fully saturated rings. The Morgan fingerprint density at radius 2 is 1.15 bits per heavy atom. The molecule has 4 aromatic heterocycles. The summed E-state index contributed by atoms with van der Waals surface area (Å²) in [4.78, 5) is 24.9. The average Bonchev–Trinajstić information content (AvgIpc) is 3.44. The fraction of sp³-hybridized carbons (Fsp3) is 0. The molecule has 8 aromatic rings. The van der Waals surface area contributed by atoms with Gasteiger partial charge >= 0.3 is 0 Å². The Bertz CT molecular complexity index is 2150. The SMILES string of the molecule is c1ccc(-c2nc(-c3ccccc3)nc(-c3cnc(-c4ccc5ccccc5n4)c4sc5ccccc5c34)n2)cc1. The topological polar surface area (TPSA) is 64.5 Å². The van der Waals surface area contributed by atoms with Crippen molar-refractivity contribution in [1.29, 1.82) is 0 Å². The van der Waals surface area contributed by atoms with Crippen molar-refractivity contribution in [3.05, 3.63) is 128 Å². The third-order valence-electron chi connectivity index (χ3n) is 7.18. The second-order valence-corrected chi connectivity index (χ2v) is 10.8. The molecule has 0 spiro atoms. The summed E-state index contributed by atoms with van der Waals surface area (Å²) < 4.78 is 2.24. The zero-order chi connectivity index (χ0) is 27.2. The largest absolute Gasteiger partial charge is 0.252 e. The van der Waals surface area contributed by atoms with Crippen LogP contribution in [0.25, 0.3) is 76.6 Å². The van der Waals surface area contributed by atoms with E-state index in [1.165, 1.54) is 4.70 Å². The van der Waals surface area contributed by atoms with E-state index in [0.717, 1.165) is 54.5 Å². The number of benzene rings is 4. The zero-order valence-corrected chi connectivity index (χ0v) is 22.6. The van der Waals surface area contributed by atoms with E-state index in [1.54, 1.807) is 11.3 Å². The Kier molecular flexibility index (Phi) is 5.57. The van der Waals surface area contributed by atoms with Crippen LogP contribution in [0.2, 0.25) is 0 Å². The van der Waals surface area contributed by atoms with E-state index >= 15 is 0 Å². The fourth-order valence-electron chi connectivity index (χ4n) is 5.21. The van der Waals surface area contributed by atoms with Crippen LogP contribution in [0.15, 0.2) is 128 Å². The second kappa shape index (κ2) is 9.70. The number of hydrogen-bond donors (Lipinski definition) is 0. The maximum atomic E-state index is 5.01. The molecule has 0 bridgehead atoms. The molecule has 0 saturated heterocycles. The number of thiophene rings is 1. The van der Waals surface area contributed by atoms with Crippen molar-refractivity contribution in [2.75, 3.05) is 0 Å². The Balaban J connectivity index is 1.41. The van der Waals surface area contributed by atoms with E-state index in [4.69, 9.17) is 24.9 Å². The van der Waals surface area contributed by atoms with Gasteiger partial charge in [0.15, 0.2) is 17.5 Å². The summed E-state index contributed by atoms with van der Waals surface area (Å²) in [6, 6.07) is 40.9. The van der Waals surface area contributed by atoms with Gasteiger partial charge in [0, 0.05) is 43.7 Å². The molecule has 8 rings (SSSR count). The highest BCUT2D eigenvalue weighted by Crippen LogP contribution is 2.43. The minimum absolute atomic E-state index is 0.594. The molecule has 0 atom stereocenters. The quantitative estimate of drug-likeness (QED) is 0.222. The minimum Gasteiger partial charge on any atom is -0.252 e. The van der Waals surface area contributed by atoms with Gasteiger partial charge in [-0.15, -0.1) is 11.3 Å². The third kappa shape index (κ3) is 4.13. The van der Waals surface area contributed by atoms with Crippen molar-refractivity contribution in [2.45, 2.75) is 0 Å². The van der Waals surface area contributed by atoms with Gasteiger partial charge in [-0.3, -0.25) is 4.98 Å². The molecule has 0 amide bonds. The van der Waals surface area contributed by atoms with Crippen LogP contribution in [0, 0.1) is 0 Å². The lowest BCUT2D eigenvalue weighted by molar-refractivity contribution is 1.07. The summed E-state index contributed by atoms with van der Waals surface area (Å²) in [6.45, 7) is 0. The molecule has 4 aromatic carbocycles. The number of nitrogens with zero attached hydrogens (tertiary/aromatic N) is 5. The van der Waals surface area contributed by atoms with E-state index in [0.29, 0.717) is 17.5 Å². The zero-order valence-electron chi connectivity index (χ0n) is 21.8. The first-order valence-corrected chi connectivity index (χ1v) is 14.2. The fourth-order valence-corrected chi connectivity index (χ4v) is 6.43. The van der Waals surface area contributed by atoms with Crippen molar-refractivity contribution in [3.63, 3.8) is 0 Å². The Morgan fingerprint density at radius 3 is 1.90 bits per heavy atom. The molecule has 0 aliphatic heterocycles. The van der Waals surface area contributed by atoms with E-state index in [2.05, 4.69) is 42.5 Å². The lowest BCUT2D eigenvalue weighted by Gasteiger charge is -2.11. The number of para-hydroxylation sites is 1. The van der Waals surface area contributed by atoms with Gasteiger partial charge in [-0.2, -0.15) is 0 Å². The molecular formula is C35H21N5S. The molecule has 4 heterocycles. The van der Waals surface area contributed by atoms with Gasteiger partial charge in [0.1, 0.15) is 5.69 Å². The Labute approximate surface area is 239 Å². The molecule has 6 heteroatoms. The van der Waals surface area contributed by atoms with E-state index in [1.807, 2.05) is 85.1 Å². The van der Waals surface area contributed by atoms with Crippen LogP contribution in [0.5, 0.6) is 0 Å². The van der Waals surface area contributed by atoms with Gasteiger partial charge in [-0.25, -0.2) is 19.9 Å². The van der Waals surface area contributed by atoms with Gasteiger partial charge < -0.3 is 0 Å². The van der Waals surface area contributed by atoms with Crippen LogP contribution in [-0.2, 0) is 0 Å². The second-order valence-electron chi connectivity index (χ2n) is 9.75. The smallest absolute Gasteiger partial charge is 0.166 e. The van der Waals surface area contributed by atoms with Crippen LogP contribution in [0.4, 0.5) is 0 Å². The number of fused-ring (bicyclic) bond motifs is 4. The number of rotatable bonds is 4. The number of hydrogen-bond acceptors (Lipinski definition) is 6. The molecule has 5 nitrogen and oxygen atoms in total. The van der Waals surface area contributed by atoms with Gasteiger partial charge in [0.2, 0.25) is 0 Å². The highest BCUT2D eigenvalue weighted by molar-refractivity contribution is 7.26. The van der Waals surface area contributed by atoms with Crippen LogP contribution in [0.1, 0.15) is 0 Å². The van der Waals surface area contributed by atoms with Crippen LogP contribution < -0.4 is 0 Å². The molecule has 0 radical (unpaired) electrons. The normalized spacial score (nSPS) is 11.4. The summed E-state index contributed by atoms with van der Waals surface area (Å²) in [5.74, 6) is 1.85. The molecular weight excluding hydrogens is 522 g/mol. The standard InChI is InChI=1S/C35H21N5S/c1-3-12-23(13-4-1)33-38-34(24-14-5-2-6-15-24)40-35(39-33)26-21-36-31(28-20-19-22-11-7-9-17-27(22)37-28)32-30(26)25-16-8-10-18-29(25)41-32/h1-21H. The van der Waals surface area contributed by atoms with E-state index in [9.17, 15) is 0 Å². The summed E-state index contributed by atoms with van der Waals surface area (Å²) in [7, 11) is 0. The van der Waals surface area contributed by atoms with Gasteiger partial charge in [-0.05, 0) is 18.2 Å². The summed E-state index contributed by atoms with van der Waals surface area (Å²) >= 11 is 1.72. The summed E-state index contributed by atoms with van der Waals surface area (Å²) in [6.07, 6.45) is 1.90. The predicted molar refractivity (Wildman–Crippen MR) is 168 cm³/mol. The molecule has 0 unspecified atom stereocenters. The van der Waals surface area contributed by atoms with Crippen molar-refractivity contribution >= 4 is 42.4 Å². The predicted octanol–water partition coefficient (Wildman–Crippen LogP) is 8.85. The molecule has 0 saturated carbocycles. The average molecular weight is 544 g/mol. The Hall–Kier alpha value is -5.33. The monoisotopic (exact) mass is 543 g/mol. The maximum absolute atomic E-state index is 5.01. The molecule has 0 aliphatic carbocycles. The van der Waals surface area contributed by atoms with Crippen molar-refractivity contribution in [1.82, 2.24) is 24.9 Å². The first-order chi connectivity index (χ1) is 20.3. The van der Waals surface area contributed by atoms with Crippen LogP contribution in [-0.4, -0.2) is 24.9 Å². The lowest BCUT2D eigenvalue weighted by atomic mass is 10.0. The highest BCUT2D eigenvalue weighted by Gasteiger charge is 2.20. The highest BCUT2D eigenvalue weighted by atomic mass is 32.1. The number of aromatic nitrogens is 5. The van der Waals surface area contributed by atoms with Crippen molar-refractivity contribution in [3.8, 4) is 45.6 Å². The van der Waals surface area contributed by atoms with Crippen molar-refractivity contribution < 1.29 is 0 Å².